The summed E-state index contributed by atoms with van der Waals surface area (Å²) < 4.78 is 0. The normalized spacial score (nSPS) is 26.9. The van der Waals surface area contributed by atoms with E-state index in [2.05, 4.69) is 5.32 Å². The third-order valence-corrected chi connectivity index (χ3v) is 5.80. The van der Waals surface area contributed by atoms with E-state index in [0.717, 1.165) is 16.7 Å². The highest BCUT2D eigenvalue weighted by atomic mass is 35.5. The number of nitrogens with zero attached hydrogens (tertiary/aromatic N) is 1. The Labute approximate surface area is 147 Å². The summed E-state index contributed by atoms with van der Waals surface area (Å²) in [5.41, 5.74) is 2.57. The van der Waals surface area contributed by atoms with Crippen molar-refractivity contribution in [3.63, 3.8) is 0 Å². The lowest BCUT2D eigenvalue weighted by molar-refractivity contribution is -0.157. The molecule has 0 bridgehead atoms. The van der Waals surface area contributed by atoms with E-state index in [1.54, 1.807) is 12.2 Å². The number of nitrogens with one attached hydrogen (secondary N) is 1. The van der Waals surface area contributed by atoms with Gasteiger partial charge in [-0.25, -0.2) is 0 Å². The number of piperidine rings is 1. The minimum absolute atomic E-state index is 0.229. The number of ketones is 1. The zero-order chi connectivity index (χ0) is 17.7. The van der Waals surface area contributed by atoms with Crippen molar-refractivity contribution in [3.05, 3.63) is 34.4 Å². The molecule has 0 aromatic heterocycles. The SMILES string of the molecule is CON1CCC2(CC1)NC(=O)C(Cl)(c1c(C)cc(C)cc1C)C2=O. The highest BCUT2D eigenvalue weighted by molar-refractivity contribution is 6.49. The standard InChI is InChI=1S/C18H23ClN2O3/c1-11-9-12(2)14(13(3)10-11)18(19)15(22)17(20-16(18)23)5-7-21(24-4)8-6-17/h9-10H,5-8H2,1-4H3,(H,20,23). The smallest absolute Gasteiger partial charge is 0.254 e. The van der Waals surface area contributed by atoms with Gasteiger partial charge in [0, 0.05) is 13.1 Å². The Kier molecular flexibility index (Phi) is 4.22. The molecule has 1 N–H and O–H groups in total. The van der Waals surface area contributed by atoms with Gasteiger partial charge in [0.1, 0.15) is 5.54 Å². The molecule has 24 heavy (non-hydrogen) atoms. The molecule has 1 atom stereocenters. The molecule has 2 saturated heterocycles. The van der Waals surface area contributed by atoms with Crippen molar-refractivity contribution in [3.8, 4) is 0 Å². The lowest BCUT2D eigenvalue weighted by atomic mass is 9.78. The molecule has 3 rings (SSSR count). The van der Waals surface area contributed by atoms with Crippen molar-refractivity contribution in [2.75, 3.05) is 20.2 Å². The first kappa shape index (κ1) is 17.4. The van der Waals surface area contributed by atoms with E-state index < -0.39 is 16.3 Å². The minimum Gasteiger partial charge on any atom is -0.341 e. The summed E-state index contributed by atoms with van der Waals surface area (Å²) in [5, 5.41) is 4.71. The van der Waals surface area contributed by atoms with Gasteiger partial charge in [-0.15, -0.1) is 0 Å². The van der Waals surface area contributed by atoms with Gasteiger partial charge >= 0.3 is 0 Å². The number of aryl methyl sites for hydroxylation is 3. The first-order valence-corrected chi connectivity index (χ1v) is 8.56. The van der Waals surface area contributed by atoms with Crippen molar-refractivity contribution in [2.24, 2.45) is 0 Å². The topological polar surface area (TPSA) is 58.6 Å². The van der Waals surface area contributed by atoms with Crippen molar-refractivity contribution < 1.29 is 14.4 Å². The molecule has 2 fully saturated rings. The van der Waals surface area contributed by atoms with Gasteiger partial charge in [-0.2, -0.15) is 5.06 Å². The van der Waals surface area contributed by atoms with Crippen LogP contribution in [0.2, 0.25) is 0 Å². The molecule has 0 saturated carbocycles. The van der Waals surface area contributed by atoms with E-state index in [-0.39, 0.29) is 5.78 Å². The van der Waals surface area contributed by atoms with Crippen molar-refractivity contribution in [2.45, 2.75) is 44.0 Å². The predicted molar refractivity (Wildman–Crippen MR) is 91.9 cm³/mol. The summed E-state index contributed by atoms with van der Waals surface area (Å²) in [7, 11) is 1.61. The largest absolute Gasteiger partial charge is 0.341 e. The first-order chi connectivity index (χ1) is 11.2. The van der Waals surface area contributed by atoms with E-state index in [1.165, 1.54) is 0 Å². The Hall–Kier alpha value is -1.43. The maximum absolute atomic E-state index is 13.3. The fraction of sp³-hybridized carbons (Fsp3) is 0.556. The molecule has 1 unspecified atom stereocenters. The molecule has 1 aromatic rings. The minimum atomic E-state index is -1.64. The van der Waals surface area contributed by atoms with Crippen molar-refractivity contribution in [1.29, 1.82) is 0 Å². The molecule has 2 aliphatic heterocycles. The van der Waals surface area contributed by atoms with Gasteiger partial charge in [0.05, 0.1) is 7.11 Å². The third kappa shape index (κ3) is 2.38. The van der Waals surface area contributed by atoms with Crippen LogP contribution in [0.4, 0.5) is 0 Å². The molecule has 0 aliphatic carbocycles. The summed E-state index contributed by atoms with van der Waals surface area (Å²) in [4.78, 5) is 29.7. The highest BCUT2D eigenvalue weighted by Gasteiger charge is 2.63. The van der Waals surface area contributed by atoms with E-state index in [0.29, 0.717) is 31.5 Å². The second kappa shape index (κ2) is 5.83. The number of amides is 1. The summed E-state index contributed by atoms with van der Waals surface area (Å²) in [6.07, 6.45) is 1.01. The van der Waals surface area contributed by atoms with E-state index in [9.17, 15) is 9.59 Å². The average molecular weight is 351 g/mol. The number of alkyl halides is 1. The Morgan fingerprint density at radius 1 is 1.12 bits per heavy atom. The van der Waals surface area contributed by atoms with Crippen LogP contribution in [-0.2, 0) is 19.3 Å². The monoisotopic (exact) mass is 350 g/mol. The van der Waals surface area contributed by atoms with Crippen LogP contribution in [0.5, 0.6) is 0 Å². The van der Waals surface area contributed by atoms with Crippen molar-refractivity contribution >= 4 is 23.3 Å². The maximum Gasteiger partial charge on any atom is 0.254 e. The van der Waals surface area contributed by atoms with Gasteiger partial charge in [-0.05, 0) is 50.3 Å². The fourth-order valence-electron chi connectivity index (χ4n) is 4.15. The second-order valence-corrected chi connectivity index (χ2v) is 7.48. The molecule has 1 aromatic carbocycles. The Balaban J connectivity index is 2.03. The molecule has 1 amide bonds. The van der Waals surface area contributed by atoms with Crippen molar-refractivity contribution in [1.82, 2.24) is 10.4 Å². The van der Waals surface area contributed by atoms with Crippen LogP contribution in [0.25, 0.3) is 0 Å². The lowest BCUT2D eigenvalue weighted by Gasteiger charge is -2.37. The number of hydrogen-bond acceptors (Lipinski definition) is 4. The van der Waals surface area contributed by atoms with E-state index in [1.807, 2.05) is 32.9 Å². The third-order valence-electron chi connectivity index (χ3n) is 5.27. The van der Waals surface area contributed by atoms with Crippen LogP contribution in [0.3, 0.4) is 0 Å². The Morgan fingerprint density at radius 3 is 2.17 bits per heavy atom. The summed E-state index contributed by atoms with van der Waals surface area (Å²) >= 11 is 6.75. The number of carbonyl (C=O) groups is 2. The molecule has 2 heterocycles. The Morgan fingerprint density at radius 2 is 1.67 bits per heavy atom. The van der Waals surface area contributed by atoms with Gasteiger partial charge in [0.25, 0.3) is 5.91 Å². The molecule has 0 radical (unpaired) electrons. The van der Waals surface area contributed by atoms with Crippen LogP contribution in [0.15, 0.2) is 12.1 Å². The highest BCUT2D eigenvalue weighted by Crippen LogP contribution is 2.45. The summed E-state index contributed by atoms with van der Waals surface area (Å²) in [6.45, 7) is 6.96. The van der Waals surface area contributed by atoms with Gasteiger partial charge in [-0.1, -0.05) is 29.3 Å². The van der Waals surface area contributed by atoms with Crippen LogP contribution in [0.1, 0.15) is 35.1 Å². The van der Waals surface area contributed by atoms with Gasteiger partial charge in [0.2, 0.25) is 4.87 Å². The van der Waals surface area contributed by atoms with Crippen LogP contribution >= 0.6 is 11.6 Å². The quantitative estimate of drug-likeness (QED) is 0.656. The summed E-state index contributed by atoms with van der Waals surface area (Å²) in [6, 6.07) is 3.93. The molecule has 1 spiro atoms. The van der Waals surface area contributed by atoms with Gasteiger partial charge in [0.15, 0.2) is 5.78 Å². The average Bonchev–Trinajstić information content (AvgIpc) is 2.69. The van der Waals surface area contributed by atoms with Crippen LogP contribution < -0.4 is 5.32 Å². The number of hydrogen-bond donors (Lipinski definition) is 1. The van der Waals surface area contributed by atoms with E-state index in [4.69, 9.17) is 16.4 Å². The van der Waals surface area contributed by atoms with Gasteiger partial charge in [-0.3, -0.25) is 9.59 Å². The van der Waals surface area contributed by atoms with Crippen LogP contribution in [-0.4, -0.2) is 42.5 Å². The molecular formula is C18H23ClN2O3. The molecule has 6 heteroatoms. The summed E-state index contributed by atoms with van der Waals surface area (Å²) in [5.74, 6) is -0.637. The number of hydroxylamine groups is 2. The number of Topliss-reactive ketones (excluding diaryl/α,β-unsaturated/α-hetero) is 1. The van der Waals surface area contributed by atoms with E-state index >= 15 is 0 Å². The molecule has 2 aliphatic rings. The fourth-order valence-corrected chi connectivity index (χ4v) is 4.67. The predicted octanol–water partition coefficient (Wildman–Crippen LogP) is 2.14. The number of halogens is 1. The molecular weight excluding hydrogens is 328 g/mol. The lowest BCUT2D eigenvalue weighted by Crippen LogP contribution is -2.54. The number of benzene rings is 1. The van der Waals surface area contributed by atoms with Crippen LogP contribution in [0, 0.1) is 20.8 Å². The number of carbonyl (C=O) groups excluding carboxylic acids is 2. The second-order valence-electron chi connectivity index (χ2n) is 6.91. The number of rotatable bonds is 2. The zero-order valence-electron chi connectivity index (χ0n) is 14.5. The zero-order valence-corrected chi connectivity index (χ0v) is 15.3. The Bertz CT molecular complexity index is 687. The first-order valence-electron chi connectivity index (χ1n) is 8.18. The molecule has 5 nitrogen and oxygen atoms in total. The molecule has 130 valence electrons. The van der Waals surface area contributed by atoms with Gasteiger partial charge < -0.3 is 10.2 Å². The maximum atomic E-state index is 13.3.